The molecule has 9 atom stereocenters. The van der Waals surface area contributed by atoms with Gasteiger partial charge in [-0.3, -0.25) is 4.79 Å². The molecule has 290 valence electrons. The third kappa shape index (κ3) is 20.2. The van der Waals surface area contributed by atoms with Crippen molar-refractivity contribution in [1.29, 1.82) is 0 Å². The molecule has 0 aromatic carbocycles. The third-order valence-electron chi connectivity index (χ3n) is 8.87. The van der Waals surface area contributed by atoms with Gasteiger partial charge in [0.25, 0.3) is 0 Å². The lowest BCUT2D eigenvalue weighted by Crippen LogP contribution is -2.60. The Morgan fingerprint density at radius 3 is 1.98 bits per heavy atom. The van der Waals surface area contributed by atoms with Crippen LogP contribution in [0.2, 0.25) is 0 Å². The first kappa shape index (κ1) is 46.1. The van der Waals surface area contributed by atoms with Gasteiger partial charge in [-0.05, 0) is 70.6 Å². The number of unbranched alkanes of at least 4 members (excludes halogenated alkanes) is 10. The molecule has 0 aliphatic carbocycles. The van der Waals surface area contributed by atoms with Gasteiger partial charge in [0.1, 0.15) is 36.6 Å². The maximum absolute atomic E-state index is 13.0. The molecule has 1 saturated heterocycles. The van der Waals surface area contributed by atoms with E-state index in [4.69, 9.17) is 9.47 Å². The summed E-state index contributed by atoms with van der Waals surface area (Å²) in [6.07, 6.45) is 20.5. The van der Waals surface area contributed by atoms with Crippen LogP contribution in [0, 0.1) is 0 Å². The summed E-state index contributed by atoms with van der Waals surface area (Å²) >= 11 is 0. The second kappa shape index (κ2) is 29.6. The van der Waals surface area contributed by atoms with Crippen LogP contribution >= 0.6 is 0 Å². The van der Waals surface area contributed by atoms with Crippen molar-refractivity contribution >= 4 is 5.91 Å². The first-order valence-electron chi connectivity index (χ1n) is 19.1. The minimum absolute atomic E-state index is 0.230. The van der Waals surface area contributed by atoms with Gasteiger partial charge in [-0.15, -0.1) is 0 Å². The standard InChI is InChI=1S/C39H69NO10/c1-3-5-7-9-11-13-14-15-16-17-19-21-23-25-27-32(43)38(48)40-30(29-49-39-37(47)36(46)35(45)33(28-41)50-39)34(44)31(42)26-24-22-20-18-12-10-8-6-4-2/h6,8,11,13-15,18,20,30-37,39,41-47H,3-5,7,9-10,12,16-17,19,21-29H2,1-2H3,(H,40,48)/b8-6+,13-11-,15-14-,20-18+. The SMILES string of the molecule is CC/C=C/CC/C=C/CCCC(O)C(O)C(COC1OC(CO)C(O)C(O)C1O)NC(=O)C(O)CCCCCCC/C=C\C=C/CCCCC. The highest BCUT2D eigenvalue weighted by molar-refractivity contribution is 5.80. The summed E-state index contributed by atoms with van der Waals surface area (Å²) in [7, 11) is 0. The molecule has 8 N–H and O–H groups in total. The molecule has 0 spiro atoms. The Balaban J connectivity index is 2.60. The average molecular weight is 712 g/mol. The Morgan fingerprint density at radius 2 is 1.32 bits per heavy atom. The molecule has 1 amide bonds. The smallest absolute Gasteiger partial charge is 0.249 e. The lowest BCUT2D eigenvalue weighted by atomic mass is 9.98. The van der Waals surface area contributed by atoms with Crippen LogP contribution < -0.4 is 5.32 Å². The van der Waals surface area contributed by atoms with Crippen LogP contribution in [-0.4, -0.2) is 110 Å². The van der Waals surface area contributed by atoms with Gasteiger partial charge in [-0.25, -0.2) is 0 Å². The predicted octanol–water partition coefficient (Wildman–Crippen LogP) is 4.27. The van der Waals surface area contributed by atoms with E-state index in [0.717, 1.165) is 57.8 Å². The van der Waals surface area contributed by atoms with E-state index < -0.39 is 74.2 Å². The summed E-state index contributed by atoms with van der Waals surface area (Å²) in [5.74, 6) is -0.730. The minimum atomic E-state index is -1.67. The Bertz CT molecular complexity index is 955. The number of hydrogen-bond acceptors (Lipinski definition) is 10. The summed E-state index contributed by atoms with van der Waals surface area (Å²) in [6.45, 7) is 3.20. The van der Waals surface area contributed by atoms with Crippen molar-refractivity contribution in [2.75, 3.05) is 13.2 Å². The largest absolute Gasteiger partial charge is 0.394 e. The van der Waals surface area contributed by atoms with Crippen LogP contribution in [0.25, 0.3) is 0 Å². The maximum Gasteiger partial charge on any atom is 0.249 e. The zero-order valence-corrected chi connectivity index (χ0v) is 30.6. The Hall–Kier alpha value is -1.93. The molecular weight excluding hydrogens is 642 g/mol. The number of nitrogens with one attached hydrogen (secondary N) is 1. The summed E-state index contributed by atoms with van der Waals surface area (Å²) in [6, 6.07) is -1.19. The molecular formula is C39H69NO10. The highest BCUT2D eigenvalue weighted by atomic mass is 16.7. The number of allylic oxidation sites excluding steroid dienone is 8. The topological polar surface area (TPSA) is 189 Å². The number of aliphatic hydroxyl groups is 7. The number of amides is 1. The average Bonchev–Trinajstić information content (AvgIpc) is 3.11. The fourth-order valence-electron chi connectivity index (χ4n) is 5.63. The van der Waals surface area contributed by atoms with Crippen LogP contribution in [0.3, 0.4) is 0 Å². The predicted molar refractivity (Wildman–Crippen MR) is 196 cm³/mol. The Morgan fingerprint density at radius 1 is 0.720 bits per heavy atom. The van der Waals surface area contributed by atoms with Crippen molar-refractivity contribution in [1.82, 2.24) is 5.32 Å². The number of ether oxygens (including phenoxy) is 2. The van der Waals surface area contributed by atoms with E-state index >= 15 is 0 Å². The van der Waals surface area contributed by atoms with Gasteiger partial charge < -0.3 is 50.5 Å². The van der Waals surface area contributed by atoms with E-state index in [1.807, 2.05) is 6.08 Å². The maximum atomic E-state index is 13.0. The summed E-state index contributed by atoms with van der Waals surface area (Å²) in [4.78, 5) is 13.0. The number of carbonyl (C=O) groups is 1. The zero-order valence-electron chi connectivity index (χ0n) is 30.6. The van der Waals surface area contributed by atoms with Crippen molar-refractivity contribution in [3.8, 4) is 0 Å². The van der Waals surface area contributed by atoms with E-state index in [1.54, 1.807) is 0 Å². The first-order valence-corrected chi connectivity index (χ1v) is 19.1. The van der Waals surface area contributed by atoms with Crippen molar-refractivity contribution in [2.24, 2.45) is 0 Å². The van der Waals surface area contributed by atoms with Crippen LogP contribution in [0.4, 0.5) is 0 Å². The van der Waals surface area contributed by atoms with E-state index in [0.29, 0.717) is 19.3 Å². The molecule has 50 heavy (non-hydrogen) atoms. The van der Waals surface area contributed by atoms with Crippen molar-refractivity contribution in [2.45, 2.75) is 178 Å². The van der Waals surface area contributed by atoms with Gasteiger partial charge in [0.2, 0.25) is 5.91 Å². The van der Waals surface area contributed by atoms with Crippen LogP contribution in [0.5, 0.6) is 0 Å². The molecule has 1 rings (SSSR count). The normalized spacial score (nSPS) is 24.1. The number of carbonyl (C=O) groups excluding carboxylic acids is 1. The van der Waals surface area contributed by atoms with Crippen molar-refractivity contribution < 1.29 is 50.0 Å². The van der Waals surface area contributed by atoms with Gasteiger partial charge in [-0.1, -0.05) is 101 Å². The van der Waals surface area contributed by atoms with Gasteiger partial charge in [0.15, 0.2) is 6.29 Å². The summed E-state index contributed by atoms with van der Waals surface area (Å²) in [5, 5.41) is 75.0. The molecule has 0 radical (unpaired) electrons. The van der Waals surface area contributed by atoms with Crippen LogP contribution in [0.15, 0.2) is 48.6 Å². The minimum Gasteiger partial charge on any atom is -0.394 e. The molecule has 0 saturated carbocycles. The molecule has 9 unspecified atom stereocenters. The van der Waals surface area contributed by atoms with Gasteiger partial charge in [-0.2, -0.15) is 0 Å². The summed E-state index contributed by atoms with van der Waals surface area (Å²) < 4.78 is 11.0. The molecule has 0 aromatic rings. The lowest BCUT2D eigenvalue weighted by molar-refractivity contribution is -0.303. The highest BCUT2D eigenvalue weighted by Crippen LogP contribution is 2.23. The lowest BCUT2D eigenvalue weighted by Gasteiger charge is -2.40. The van der Waals surface area contributed by atoms with Gasteiger partial charge in [0.05, 0.1) is 25.4 Å². The fraction of sp³-hybridized carbons (Fsp3) is 0.769. The van der Waals surface area contributed by atoms with E-state index in [9.17, 15) is 40.5 Å². The van der Waals surface area contributed by atoms with E-state index in [-0.39, 0.29) is 12.8 Å². The number of aliphatic hydroxyl groups excluding tert-OH is 7. The van der Waals surface area contributed by atoms with Crippen LogP contribution in [0.1, 0.15) is 123 Å². The zero-order chi connectivity index (χ0) is 37.0. The monoisotopic (exact) mass is 711 g/mol. The van der Waals surface area contributed by atoms with Crippen molar-refractivity contribution in [3.63, 3.8) is 0 Å². The fourth-order valence-corrected chi connectivity index (χ4v) is 5.63. The molecule has 11 heteroatoms. The molecule has 1 fully saturated rings. The molecule has 1 heterocycles. The number of hydrogen-bond donors (Lipinski definition) is 8. The number of rotatable bonds is 29. The summed E-state index contributed by atoms with van der Waals surface area (Å²) in [5.41, 5.74) is 0. The molecule has 1 aliphatic rings. The quantitative estimate of drug-likeness (QED) is 0.0316. The van der Waals surface area contributed by atoms with E-state index in [1.165, 1.54) is 19.3 Å². The van der Waals surface area contributed by atoms with Gasteiger partial charge >= 0.3 is 0 Å². The molecule has 0 bridgehead atoms. The van der Waals surface area contributed by atoms with Gasteiger partial charge in [0, 0.05) is 0 Å². The Kier molecular flexibility index (Phi) is 27.3. The van der Waals surface area contributed by atoms with Crippen LogP contribution in [-0.2, 0) is 14.3 Å². The highest BCUT2D eigenvalue weighted by Gasteiger charge is 2.44. The van der Waals surface area contributed by atoms with E-state index in [2.05, 4.69) is 61.7 Å². The second-order valence-corrected chi connectivity index (χ2v) is 13.3. The molecule has 1 aliphatic heterocycles. The van der Waals surface area contributed by atoms with Crippen molar-refractivity contribution in [3.05, 3.63) is 48.6 Å². The third-order valence-corrected chi connectivity index (χ3v) is 8.87. The molecule has 11 nitrogen and oxygen atoms in total. The molecule has 0 aromatic heterocycles. The Labute approximate surface area is 300 Å². The second-order valence-electron chi connectivity index (χ2n) is 13.3. The first-order chi connectivity index (χ1) is 24.2.